The Bertz CT molecular complexity index is 1090. The summed E-state index contributed by atoms with van der Waals surface area (Å²) in [5, 5.41) is 0. The lowest BCUT2D eigenvalue weighted by molar-refractivity contribution is 0.288. The van der Waals surface area contributed by atoms with Gasteiger partial charge >= 0.3 is 0 Å². The van der Waals surface area contributed by atoms with Crippen LogP contribution in [0.5, 0.6) is 5.75 Å². The largest absolute Gasteiger partial charge is 0.486 e. The highest BCUT2D eigenvalue weighted by Crippen LogP contribution is 2.28. The summed E-state index contributed by atoms with van der Waals surface area (Å²) in [4.78, 5) is 4.87. The molecule has 0 fully saturated rings. The van der Waals surface area contributed by atoms with Gasteiger partial charge in [0.2, 0.25) is 0 Å². The molecule has 0 aliphatic carbocycles. The smallest absolute Gasteiger partial charge is 0.148 e. The fourth-order valence-corrected chi connectivity index (χ4v) is 3.71. The summed E-state index contributed by atoms with van der Waals surface area (Å²) in [5.41, 5.74) is 4.82. The van der Waals surface area contributed by atoms with Crippen molar-refractivity contribution in [3.05, 3.63) is 95.8 Å². The van der Waals surface area contributed by atoms with E-state index in [1.165, 1.54) is 11.1 Å². The van der Waals surface area contributed by atoms with Gasteiger partial charge in [-0.05, 0) is 47.7 Å². The highest BCUT2D eigenvalue weighted by atomic mass is 16.5. The molecule has 3 nitrogen and oxygen atoms in total. The van der Waals surface area contributed by atoms with Gasteiger partial charge in [-0.15, -0.1) is 0 Å². The van der Waals surface area contributed by atoms with Gasteiger partial charge in [0, 0.05) is 0 Å². The summed E-state index contributed by atoms with van der Waals surface area (Å²) in [6.45, 7) is 9.30. The van der Waals surface area contributed by atoms with Crippen molar-refractivity contribution >= 4 is 11.0 Å². The number of para-hydroxylation sites is 2. The van der Waals surface area contributed by atoms with Crippen LogP contribution in [0.15, 0.2) is 78.9 Å². The Hall–Kier alpha value is -3.07. The monoisotopic (exact) mass is 384 g/mol. The van der Waals surface area contributed by atoms with E-state index in [0.29, 0.717) is 6.61 Å². The molecule has 3 heteroatoms. The van der Waals surface area contributed by atoms with Crippen LogP contribution in [0.1, 0.15) is 50.7 Å². The molecule has 0 aliphatic rings. The molecule has 0 aliphatic heterocycles. The van der Waals surface area contributed by atoms with Crippen molar-refractivity contribution in [3.8, 4) is 5.75 Å². The third kappa shape index (κ3) is 4.04. The summed E-state index contributed by atoms with van der Waals surface area (Å²) in [6.07, 6.45) is 0. The van der Waals surface area contributed by atoms with Crippen molar-refractivity contribution in [3.63, 3.8) is 0 Å². The lowest BCUT2D eigenvalue weighted by Crippen LogP contribution is -2.13. The number of benzene rings is 3. The van der Waals surface area contributed by atoms with Crippen LogP contribution >= 0.6 is 0 Å². The minimum absolute atomic E-state index is 0.137. The van der Waals surface area contributed by atoms with Crippen molar-refractivity contribution in [2.45, 2.75) is 45.8 Å². The molecule has 0 bridgehead atoms. The Balaban J connectivity index is 1.64. The van der Waals surface area contributed by atoms with Crippen molar-refractivity contribution in [1.29, 1.82) is 0 Å². The summed E-state index contributed by atoms with van der Waals surface area (Å²) in [6, 6.07) is 27.4. The van der Waals surface area contributed by atoms with Gasteiger partial charge < -0.3 is 9.30 Å². The molecule has 0 amide bonds. The summed E-state index contributed by atoms with van der Waals surface area (Å²) < 4.78 is 8.42. The predicted molar refractivity (Wildman–Crippen MR) is 119 cm³/mol. The fraction of sp³-hybridized carbons (Fsp3) is 0.269. The first-order chi connectivity index (χ1) is 13.9. The third-order valence-corrected chi connectivity index (χ3v) is 5.43. The number of rotatable bonds is 5. The van der Waals surface area contributed by atoms with Crippen molar-refractivity contribution in [1.82, 2.24) is 9.55 Å². The average molecular weight is 385 g/mol. The van der Waals surface area contributed by atoms with Crippen LogP contribution < -0.4 is 4.74 Å². The Labute approximate surface area is 173 Å². The van der Waals surface area contributed by atoms with Crippen molar-refractivity contribution < 1.29 is 4.74 Å². The van der Waals surface area contributed by atoms with Crippen molar-refractivity contribution in [2.24, 2.45) is 0 Å². The Morgan fingerprint density at radius 3 is 2.21 bits per heavy atom. The van der Waals surface area contributed by atoms with E-state index >= 15 is 0 Å². The van der Waals surface area contributed by atoms with Crippen molar-refractivity contribution in [2.75, 3.05) is 0 Å². The van der Waals surface area contributed by atoms with E-state index in [9.17, 15) is 0 Å². The van der Waals surface area contributed by atoms with E-state index in [-0.39, 0.29) is 11.5 Å². The quantitative estimate of drug-likeness (QED) is 0.391. The number of fused-ring (bicyclic) bond motifs is 1. The Morgan fingerprint density at radius 2 is 1.52 bits per heavy atom. The molecule has 4 aromatic rings. The van der Waals surface area contributed by atoms with Crippen LogP contribution in [-0.2, 0) is 12.0 Å². The van der Waals surface area contributed by atoms with Gasteiger partial charge in [-0.1, -0.05) is 75.4 Å². The van der Waals surface area contributed by atoms with Crippen LogP contribution in [0.25, 0.3) is 11.0 Å². The maximum Gasteiger partial charge on any atom is 0.148 e. The minimum atomic E-state index is 0.137. The molecule has 4 rings (SSSR count). The average Bonchev–Trinajstić information content (AvgIpc) is 3.10. The van der Waals surface area contributed by atoms with Crippen LogP contribution in [0, 0.1) is 0 Å². The van der Waals surface area contributed by atoms with E-state index < -0.39 is 0 Å². The number of hydrogen-bond acceptors (Lipinski definition) is 2. The van der Waals surface area contributed by atoms with Gasteiger partial charge in [0.25, 0.3) is 0 Å². The Morgan fingerprint density at radius 1 is 0.862 bits per heavy atom. The molecule has 3 aromatic carbocycles. The maximum atomic E-state index is 6.13. The molecule has 0 N–H and O–H groups in total. The maximum absolute atomic E-state index is 6.13. The van der Waals surface area contributed by atoms with Gasteiger partial charge in [-0.2, -0.15) is 0 Å². The van der Waals surface area contributed by atoms with Gasteiger partial charge in [0.15, 0.2) is 0 Å². The zero-order chi connectivity index (χ0) is 20.4. The van der Waals surface area contributed by atoms with Crippen LogP contribution in [0.4, 0.5) is 0 Å². The lowest BCUT2D eigenvalue weighted by atomic mass is 9.87. The lowest BCUT2D eigenvalue weighted by Gasteiger charge is -2.20. The van der Waals surface area contributed by atoms with Crippen LogP contribution in [0.2, 0.25) is 0 Å². The molecule has 1 heterocycles. The molecule has 29 heavy (non-hydrogen) atoms. The van der Waals surface area contributed by atoms with E-state index in [2.05, 4.69) is 86.9 Å². The summed E-state index contributed by atoms with van der Waals surface area (Å²) in [5.74, 6) is 1.80. The predicted octanol–water partition coefficient (Wildman–Crippen LogP) is 6.52. The fourth-order valence-electron chi connectivity index (χ4n) is 3.71. The molecule has 1 atom stereocenters. The van der Waals surface area contributed by atoms with Gasteiger partial charge in [0.1, 0.15) is 18.2 Å². The number of ether oxygens (including phenoxy) is 1. The van der Waals surface area contributed by atoms with Gasteiger partial charge in [-0.3, -0.25) is 0 Å². The molecule has 0 saturated carbocycles. The number of nitrogens with zero attached hydrogens (tertiary/aromatic N) is 2. The van der Waals surface area contributed by atoms with E-state index in [1.54, 1.807) is 0 Å². The van der Waals surface area contributed by atoms with E-state index in [1.807, 2.05) is 24.3 Å². The number of hydrogen-bond donors (Lipinski definition) is 0. The summed E-state index contributed by atoms with van der Waals surface area (Å²) in [7, 11) is 0. The number of imidazole rings is 1. The zero-order valence-electron chi connectivity index (χ0n) is 17.6. The highest BCUT2D eigenvalue weighted by Gasteiger charge is 2.18. The summed E-state index contributed by atoms with van der Waals surface area (Å²) >= 11 is 0. The number of aromatic nitrogens is 2. The molecule has 0 radical (unpaired) electrons. The van der Waals surface area contributed by atoms with E-state index in [0.717, 1.165) is 22.6 Å². The van der Waals surface area contributed by atoms with Crippen LogP contribution in [-0.4, -0.2) is 9.55 Å². The third-order valence-electron chi connectivity index (χ3n) is 5.43. The molecule has 148 valence electrons. The molecule has 0 saturated heterocycles. The van der Waals surface area contributed by atoms with Crippen LogP contribution in [0.3, 0.4) is 0 Å². The first-order valence-electron chi connectivity index (χ1n) is 10.2. The SMILES string of the molecule is C[C@@H](c1ccccc1)n1c(COc2ccc(C(C)(C)C)cc2)nc2ccccc21. The normalized spacial score (nSPS) is 12.8. The van der Waals surface area contributed by atoms with Gasteiger partial charge in [-0.25, -0.2) is 4.98 Å². The second-order valence-corrected chi connectivity index (χ2v) is 8.54. The first kappa shape index (κ1) is 19.3. The second kappa shape index (κ2) is 7.75. The molecular weight excluding hydrogens is 356 g/mol. The Kier molecular flexibility index (Phi) is 5.14. The molecular formula is C26H28N2O. The first-order valence-corrected chi connectivity index (χ1v) is 10.2. The zero-order valence-corrected chi connectivity index (χ0v) is 17.6. The minimum Gasteiger partial charge on any atom is -0.486 e. The molecule has 1 aromatic heterocycles. The molecule has 0 spiro atoms. The highest BCUT2D eigenvalue weighted by molar-refractivity contribution is 5.76. The van der Waals surface area contributed by atoms with E-state index in [4.69, 9.17) is 9.72 Å². The second-order valence-electron chi connectivity index (χ2n) is 8.54. The van der Waals surface area contributed by atoms with Gasteiger partial charge in [0.05, 0.1) is 17.1 Å². The molecule has 0 unspecified atom stereocenters. The standard InChI is InChI=1S/C26H28N2O/c1-19(20-10-6-5-7-11-20)28-24-13-9-8-12-23(24)27-25(28)18-29-22-16-14-21(15-17-22)26(2,3)4/h5-17,19H,18H2,1-4H3/t19-/m0/s1. The topological polar surface area (TPSA) is 27.1 Å².